The average molecular weight is 293 g/mol. The summed E-state index contributed by atoms with van der Waals surface area (Å²) >= 11 is 6.00. The highest BCUT2D eigenvalue weighted by atomic mass is 35.5. The molecule has 2 rings (SSSR count). The van der Waals surface area contributed by atoms with E-state index in [0.717, 1.165) is 5.56 Å². The number of hydrogen-bond donors (Lipinski definition) is 1. The Balaban J connectivity index is 2.12. The molecule has 0 radical (unpaired) electrons. The molecular formula is C15H15ClNO3-. The molecule has 0 heterocycles. The first-order chi connectivity index (χ1) is 9.49. The maximum Gasteiger partial charge on any atom is 0.228 e. The standard InChI is InChI=1S/C15H16ClNO3/c1-9-6-7-10(8-13(9)16)17-14(18)11-4-2-3-5-12(11)15(19)20/h2-3,6-8,11-12H,4-5H2,1H3,(H,17,18)(H,19,20)/p-1/t11-,12+/m1/s1. The minimum atomic E-state index is -1.18. The smallest absolute Gasteiger partial charge is 0.228 e. The Morgan fingerprint density at radius 3 is 2.50 bits per heavy atom. The number of allylic oxidation sites excluding steroid dienone is 2. The third kappa shape index (κ3) is 3.20. The predicted octanol–water partition coefficient (Wildman–Crippen LogP) is 1.92. The molecular weight excluding hydrogens is 278 g/mol. The molecule has 0 aromatic heterocycles. The van der Waals surface area contributed by atoms with Gasteiger partial charge in [-0.25, -0.2) is 0 Å². The number of benzene rings is 1. The van der Waals surface area contributed by atoms with Crippen molar-refractivity contribution < 1.29 is 14.7 Å². The molecule has 0 bridgehead atoms. The number of halogens is 1. The van der Waals surface area contributed by atoms with Gasteiger partial charge in [0.15, 0.2) is 0 Å². The molecule has 1 amide bonds. The van der Waals surface area contributed by atoms with Crippen molar-refractivity contribution in [2.24, 2.45) is 11.8 Å². The zero-order chi connectivity index (χ0) is 14.7. The lowest BCUT2D eigenvalue weighted by Crippen LogP contribution is -2.41. The minimum Gasteiger partial charge on any atom is -0.550 e. The summed E-state index contributed by atoms with van der Waals surface area (Å²) in [6, 6.07) is 5.20. The largest absolute Gasteiger partial charge is 0.550 e. The SMILES string of the molecule is Cc1ccc(NC(=O)[C@@H]2CC=CC[C@@H]2C(=O)[O-])cc1Cl. The molecule has 2 atom stereocenters. The molecule has 1 aromatic carbocycles. The summed E-state index contributed by atoms with van der Waals surface area (Å²) in [6.45, 7) is 1.87. The number of aryl methyl sites for hydroxylation is 1. The van der Waals surface area contributed by atoms with Gasteiger partial charge in [-0.3, -0.25) is 4.79 Å². The summed E-state index contributed by atoms with van der Waals surface area (Å²) < 4.78 is 0. The van der Waals surface area contributed by atoms with Crippen LogP contribution in [0.1, 0.15) is 18.4 Å². The van der Waals surface area contributed by atoms with E-state index in [1.165, 1.54) is 0 Å². The molecule has 0 aliphatic heterocycles. The molecule has 0 spiro atoms. The minimum absolute atomic E-state index is 0.316. The number of carbonyl (C=O) groups excluding carboxylic acids is 2. The Labute approximate surface area is 122 Å². The lowest BCUT2D eigenvalue weighted by atomic mass is 9.82. The second kappa shape index (κ2) is 6.09. The fraction of sp³-hybridized carbons (Fsp3) is 0.333. The normalized spacial score (nSPS) is 21.5. The molecule has 1 aromatic rings. The molecule has 1 aliphatic carbocycles. The number of aliphatic carboxylic acids is 1. The highest BCUT2D eigenvalue weighted by Crippen LogP contribution is 2.27. The van der Waals surface area contributed by atoms with Crippen molar-refractivity contribution in [2.45, 2.75) is 19.8 Å². The molecule has 5 heteroatoms. The molecule has 106 valence electrons. The van der Waals surface area contributed by atoms with Gasteiger partial charge in [-0.05, 0) is 37.5 Å². The first kappa shape index (κ1) is 14.6. The molecule has 4 nitrogen and oxygen atoms in total. The quantitative estimate of drug-likeness (QED) is 0.865. The summed E-state index contributed by atoms with van der Waals surface area (Å²) in [6.07, 6.45) is 4.33. The highest BCUT2D eigenvalue weighted by molar-refractivity contribution is 6.31. The Bertz CT molecular complexity index is 568. The summed E-state index contributed by atoms with van der Waals surface area (Å²) in [5, 5.41) is 14.3. The van der Waals surface area contributed by atoms with E-state index in [1.54, 1.807) is 24.3 Å². The lowest BCUT2D eigenvalue weighted by Gasteiger charge is -2.28. The maximum atomic E-state index is 12.2. The predicted molar refractivity (Wildman–Crippen MR) is 75.2 cm³/mol. The van der Waals surface area contributed by atoms with Crippen LogP contribution in [0.25, 0.3) is 0 Å². The van der Waals surface area contributed by atoms with Gasteiger partial charge in [-0.2, -0.15) is 0 Å². The van der Waals surface area contributed by atoms with Gasteiger partial charge in [0, 0.05) is 22.6 Å². The van der Waals surface area contributed by atoms with E-state index in [4.69, 9.17) is 11.6 Å². The zero-order valence-corrected chi connectivity index (χ0v) is 11.8. The fourth-order valence-electron chi connectivity index (χ4n) is 2.27. The van der Waals surface area contributed by atoms with Crippen molar-refractivity contribution in [3.63, 3.8) is 0 Å². The second-order valence-corrected chi connectivity index (χ2v) is 5.34. The number of nitrogens with one attached hydrogen (secondary N) is 1. The summed E-state index contributed by atoms with van der Waals surface area (Å²) in [4.78, 5) is 23.3. The van der Waals surface area contributed by atoms with E-state index < -0.39 is 17.8 Å². The molecule has 0 saturated heterocycles. The van der Waals surface area contributed by atoms with Crippen LogP contribution in [-0.2, 0) is 9.59 Å². The number of carboxylic acid groups (broad SMARTS) is 1. The van der Waals surface area contributed by atoms with Crippen LogP contribution in [0.3, 0.4) is 0 Å². The number of carboxylic acids is 1. The van der Waals surface area contributed by atoms with E-state index in [1.807, 2.05) is 13.0 Å². The fourth-order valence-corrected chi connectivity index (χ4v) is 2.45. The van der Waals surface area contributed by atoms with Crippen LogP contribution in [0, 0.1) is 18.8 Å². The molecule has 0 fully saturated rings. The summed E-state index contributed by atoms with van der Waals surface area (Å²) in [5.74, 6) is -2.88. The molecule has 20 heavy (non-hydrogen) atoms. The van der Waals surface area contributed by atoms with E-state index >= 15 is 0 Å². The number of hydrogen-bond acceptors (Lipinski definition) is 3. The second-order valence-electron chi connectivity index (χ2n) is 4.93. The van der Waals surface area contributed by atoms with Crippen molar-refractivity contribution in [1.82, 2.24) is 0 Å². The Hall–Kier alpha value is -1.81. The van der Waals surface area contributed by atoms with Crippen LogP contribution in [0.2, 0.25) is 5.02 Å². The third-order valence-electron chi connectivity index (χ3n) is 3.51. The molecule has 1 aliphatic rings. The Kier molecular flexibility index (Phi) is 4.45. The first-order valence-corrected chi connectivity index (χ1v) is 6.79. The van der Waals surface area contributed by atoms with Crippen molar-refractivity contribution in [3.8, 4) is 0 Å². The van der Waals surface area contributed by atoms with E-state index in [-0.39, 0.29) is 5.91 Å². The van der Waals surface area contributed by atoms with Gasteiger partial charge in [0.05, 0.1) is 5.92 Å². The van der Waals surface area contributed by atoms with Crippen molar-refractivity contribution in [2.75, 3.05) is 5.32 Å². The number of rotatable bonds is 3. The van der Waals surface area contributed by atoms with Crippen LogP contribution in [-0.4, -0.2) is 11.9 Å². The summed E-state index contributed by atoms with van der Waals surface area (Å²) in [7, 11) is 0. The number of carbonyl (C=O) groups is 2. The van der Waals surface area contributed by atoms with Gasteiger partial charge in [0.2, 0.25) is 5.91 Å². The van der Waals surface area contributed by atoms with E-state index in [9.17, 15) is 14.7 Å². The van der Waals surface area contributed by atoms with Crippen LogP contribution in [0.4, 0.5) is 5.69 Å². The van der Waals surface area contributed by atoms with E-state index in [0.29, 0.717) is 23.6 Å². The van der Waals surface area contributed by atoms with Gasteiger partial charge < -0.3 is 15.2 Å². The number of amides is 1. The highest BCUT2D eigenvalue weighted by Gasteiger charge is 2.29. The van der Waals surface area contributed by atoms with Gasteiger partial charge in [-0.15, -0.1) is 0 Å². The van der Waals surface area contributed by atoms with Gasteiger partial charge >= 0.3 is 0 Å². The monoisotopic (exact) mass is 292 g/mol. The summed E-state index contributed by atoms with van der Waals surface area (Å²) in [5.41, 5.74) is 1.48. The maximum absolute atomic E-state index is 12.2. The van der Waals surface area contributed by atoms with Crippen molar-refractivity contribution >= 4 is 29.2 Å². The van der Waals surface area contributed by atoms with Crippen molar-refractivity contribution in [3.05, 3.63) is 40.9 Å². The topological polar surface area (TPSA) is 69.2 Å². The molecule has 1 N–H and O–H groups in total. The number of anilines is 1. The Morgan fingerprint density at radius 2 is 1.90 bits per heavy atom. The lowest BCUT2D eigenvalue weighted by molar-refractivity contribution is -0.313. The van der Waals surface area contributed by atoms with Gasteiger partial charge in [0.1, 0.15) is 0 Å². The third-order valence-corrected chi connectivity index (χ3v) is 3.92. The average Bonchev–Trinajstić information content (AvgIpc) is 2.43. The van der Waals surface area contributed by atoms with Crippen LogP contribution in [0.5, 0.6) is 0 Å². The Morgan fingerprint density at radius 1 is 1.25 bits per heavy atom. The van der Waals surface area contributed by atoms with Crippen LogP contribution < -0.4 is 10.4 Å². The van der Waals surface area contributed by atoms with E-state index in [2.05, 4.69) is 5.32 Å². The van der Waals surface area contributed by atoms with Gasteiger partial charge in [0.25, 0.3) is 0 Å². The van der Waals surface area contributed by atoms with Gasteiger partial charge in [-0.1, -0.05) is 29.8 Å². The van der Waals surface area contributed by atoms with Crippen molar-refractivity contribution in [1.29, 1.82) is 0 Å². The molecule has 0 saturated carbocycles. The first-order valence-electron chi connectivity index (χ1n) is 6.42. The van der Waals surface area contributed by atoms with Crippen LogP contribution in [0.15, 0.2) is 30.4 Å². The van der Waals surface area contributed by atoms with Crippen LogP contribution >= 0.6 is 11.6 Å². The zero-order valence-electron chi connectivity index (χ0n) is 11.1. The molecule has 0 unspecified atom stereocenters.